The fourth-order valence-electron chi connectivity index (χ4n) is 3.66. The molecular formula is C25H18BrClN4O2S. The molecule has 9 heteroatoms. The summed E-state index contributed by atoms with van der Waals surface area (Å²) in [5.41, 5.74) is 3.34. The van der Waals surface area contributed by atoms with Gasteiger partial charge in [0.1, 0.15) is 0 Å². The Balaban J connectivity index is 1.66. The lowest BCUT2D eigenvalue weighted by Crippen LogP contribution is -2.53. The number of para-hydroxylation sites is 1. The van der Waals surface area contributed by atoms with E-state index in [0.717, 1.165) is 27.1 Å². The van der Waals surface area contributed by atoms with Gasteiger partial charge in [0.05, 0.1) is 24.2 Å². The number of allylic oxidation sites excluding steroid dienone is 1. The lowest BCUT2D eigenvalue weighted by molar-refractivity contribution is -0.132. The number of hydrogen-bond acceptors (Lipinski definition) is 7. The first-order chi connectivity index (χ1) is 16.5. The molecule has 0 N–H and O–H groups in total. The molecule has 0 saturated carbocycles. The second-order valence-corrected chi connectivity index (χ2v) is 9.96. The quantitative estimate of drug-likeness (QED) is 0.356. The van der Waals surface area contributed by atoms with Crippen molar-refractivity contribution in [3.8, 4) is 0 Å². The van der Waals surface area contributed by atoms with Gasteiger partial charge in [0.15, 0.2) is 0 Å². The Kier molecular flexibility index (Phi) is 6.20. The predicted molar refractivity (Wildman–Crippen MR) is 142 cm³/mol. The van der Waals surface area contributed by atoms with Crippen molar-refractivity contribution < 1.29 is 9.53 Å². The van der Waals surface area contributed by atoms with Crippen LogP contribution in [0.15, 0.2) is 106 Å². The molecule has 1 atom stereocenters. The average Bonchev–Trinajstić information content (AvgIpc) is 3.25. The number of benzene rings is 3. The largest absolute Gasteiger partial charge is 0.464 e. The third kappa shape index (κ3) is 4.13. The van der Waals surface area contributed by atoms with Crippen molar-refractivity contribution in [2.24, 2.45) is 10.2 Å². The van der Waals surface area contributed by atoms with Gasteiger partial charge in [0.25, 0.3) is 0 Å². The summed E-state index contributed by atoms with van der Waals surface area (Å²) in [6, 6.07) is 25.1. The molecule has 2 aliphatic heterocycles. The number of methoxy groups -OCH3 is 1. The normalized spacial score (nSPS) is 19.3. The van der Waals surface area contributed by atoms with Crippen molar-refractivity contribution in [3.63, 3.8) is 0 Å². The van der Waals surface area contributed by atoms with E-state index in [1.54, 1.807) is 17.1 Å². The van der Waals surface area contributed by atoms with Crippen molar-refractivity contribution in [2.45, 2.75) is 4.99 Å². The Labute approximate surface area is 214 Å². The van der Waals surface area contributed by atoms with Crippen LogP contribution in [0.25, 0.3) is 0 Å². The SMILES string of the molecule is COC(=O)C1=NN(c2ccc(Cl)cc2)[C@]2(C=CC(c3ccc(Br)cc3)=NN2c2ccccc2)S1. The van der Waals surface area contributed by atoms with Crippen LogP contribution in [-0.2, 0) is 9.53 Å². The third-order valence-electron chi connectivity index (χ3n) is 5.28. The zero-order valence-electron chi connectivity index (χ0n) is 17.9. The highest BCUT2D eigenvalue weighted by atomic mass is 79.9. The maximum absolute atomic E-state index is 12.5. The lowest BCUT2D eigenvalue weighted by atomic mass is 10.1. The van der Waals surface area contributed by atoms with Gasteiger partial charge in [-0.1, -0.05) is 57.9 Å². The van der Waals surface area contributed by atoms with Gasteiger partial charge in [-0.15, -0.1) is 0 Å². The predicted octanol–water partition coefficient (Wildman–Crippen LogP) is 6.28. The van der Waals surface area contributed by atoms with Gasteiger partial charge in [-0.2, -0.15) is 10.2 Å². The Bertz CT molecular complexity index is 1310. The zero-order valence-corrected chi connectivity index (χ0v) is 21.1. The molecule has 170 valence electrons. The van der Waals surface area contributed by atoms with Gasteiger partial charge in [0.2, 0.25) is 10.0 Å². The summed E-state index contributed by atoms with van der Waals surface area (Å²) in [6.07, 6.45) is 3.96. The minimum Gasteiger partial charge on any atom is -0.464 e. The van der Waals surface area contributed by atoms with Crippen molar-refractivity contribution in [2.75, 3.05) is 17.1 Å². The number of nitrogens with zero attached hydrogens (tertiary/aromatic N) is 4. The van der Waals surface area contributed by atoms with Gasteiger partial charge in [0, 0.05) is 15.1 Å². The smallest absolute Gasteiger partial charge is 0.365 e. The van der Waals surface area contributed by atoms with Gasteiger partial charge in [-0.05, 0) is 72.4 Å². The summed E-state index contributed by atoms with van der Waals surface area (Å²) < 4.78 is 5.98. The third-order valence-corrected chi connectivity index (χ3v) is 7.29. The van der Waals surface area contributed by atoms with E-state index in [9.17, 15) is 4.79 Å². The van der Waals surface area contributed by atoms with Crippen LogP contribution in [-0.4, -0.2) is 28.8 Å². The molecule has 1 spiro atoms. The Morgan fingerprint density at radius 3 is 2.26 bits per heavy atom. The van der Waals surface area contributed by atoms with Crippen LogP contribution < -0.4 is 10.0 Å². The van der Waals surface area contributed by atoms with Crippen LogP contribution in [0.1, 0.15) is 5.56 Å². The van der Waals surface area contributed by atoms with Crippen molar-refractivity contribution in [1.82, 2.24) is 0 Å². The second kappa shape index (κ2) is 9.29. The summed E-state index contributed by atoms with van der Waals surface area (Å²) >= 11 is 10.9. The first-order valence-electron chi connectivity index (χ1n) is 10.3. The Morgan fingerprint density at radius 2 is 1.59 bits per heavy atom. The number of carbonyl (C=O) groups excluding carboxylic acids is 1. The minimum absolute atomic E-state index is 0.227. The molecule has 3 aromatic carbocycles. The number of carbonyl (C=O) groups is 1. The summed E-state index contributed by atoms with van der Waals surface area (Å²) in [4.78, 5) is 11.6. The first kappa shape index (κ1) is 22.7. The van der Waals surface area contributed by atoms with Crippen molar-refractivity contribution in [3.05, 3.63) is 106 Å². The van der Waals surface area contributed by atoms with Crippen LogP contribution >= 0.6 is 39.3 Å². The van der Waals surface area contributed by atoms with Crippen molar-refractivity contribution in [1.29, 1.82) is 0 Å². The van der Waals surface area contributed by atoms with E-state index in [1.165, 1.54) is 18.9 Å². The number of rotatable bonds is 4. The van der Waals surface area contributed by atoms with Crippen LogP contribution in [0.2, 0.25) is 5.02 Å². The topological polar surface area (TPSA) is 57.5 Å². The van der Waals surface area contributed by atoms with Gasteiger partial charge in [-0.25, -0.2) is 14.8 Å². The molecule has 2 aliphatic rings. The fraction of sp³-hybridized carbons (Fsp3) is 0.0800. The highest BCUT2D eigenvalue weighted by Crippen LogP contribution is 2.48. The van der Waals surface area contributed by atoms with Crippen LogP contribution in [0.4, 0.5) is 11.4 Å². The van der Waals surface area contributed by atoms with E-state index in [4.69, 9.17) is 21.4 Å². The number of anilines is 2. The maximum Gasteiger partial charge on any atom is 0.365 e. The molecule has 0 saturated heterocycles. The Morgan fingerprint density at radius 1 is 0.941 bits per heavy atom. The number of halogens is 2. The summed E-state index contributed by atoms with van der Waals surface area (Å²) in [5.74, 6) is -0.509. The molecule has 0 aromatic heterocycles. The van der Waals surface area contributed by atoms with Gasteiger partial charge >= 0.3 is 5.97 Å². The summed E-state index contributed by atoms with van der Waals surface area (Å²) in [5, 5.41) is 14.2. The van der Waals surface area contributed by atoms with E-state index in [-0.39, 0.29) is 5.04 Å². The molecule has 0 fully saturated rings. The molecule has 3 aromatic rings. The molecular weight excluding hydrogens is 536 g/mol. The molecule has 0 radical (unpaired) electrons. The van der Waals surface area contributed by atoms with E-state index >= 15 is 0 Å². The van der Waals surface area contributed by atoms with Crippen LogP contribution in [0, 0.1) is 0 Å². The molecule has 2 heterocycles. The van der Waals surface area contributed by atoms with Crippen LogP contribution in [0.3, 0.4) is 0 Å². The molecule has 0 bridgehead atoms. The van der Waals surface area contributed by atoms with Gasteiger partial charge < -0.3 is 4.74 Å². The molecule has 5 rings (SSSR count). The van der Waals surface area contributed by atoms with E-state index in [2.05, 4.69) is 21.0 Å². The Hall–Kier alpha value is -3.07. The standard InChI is InChI=1S/C25H18BrClN4O2S/c1-33-24(32)23-29-31(21-13-11-19(27)12-14-21)25(34-23)16-15-22(17-7-9-18(26)10-8-17)28-30(25)20-5-3-2-4-6-20/h2-16H,1H3/t25-/m1/s1. The molecule has 34 heavy (non-hydrogen) atoms. The number of hydrazone groups is 2. The van der Waals surface area contributed by atoms with E-state index in [1.807, 2.05) is 83.9 Å². The zero-order chi connectivity index (χ0) is 23.7. The second-order valence-electron chi connectivity index (χ2n) is 7.42. The molecule has 6 nitrogen and oxygen atoms in total. The first-order valence-corrected chi connectivity index (χ1v) is 12.3. The average molecular weight is 554 g/mol. The number of esters is 1. The molecule has 0 aliphatic carbocycles. The maximum atomic E-state index is 12.5. The summed E-state index contributed by atoms with van der Waals surface area (Å²) in [7, 11) is 1.35. The van der Waals surface area contributed by atoms with E-state index in [0.29, 0.717) is 5.02 Å². The monoisotopic (exact) mass is 552 g/mol. The van der Waals surface area contributed by atoms with Gasteiger partial charge in [-0.3, -0.25) is 0 Å². The fourth-order valence-corrected chi connectivity index (χ4v) is 5.22. The van der Waals surface area contributed by atoms with Crippen LogP contribution in [0.5, 0.6) is 0 Å². The number of hydrogen-bond donors (Lipinski definition) is 0. The highest BCUT2D eigenvalue weighted by molar-refractivity contribution is 9.10. The highest BCUT2D eigenvalue weighted by Gasteiger charge is 2.51. The van der Waals surface area contributed by atoms with Crippen molar-refractivity contribution >= 4 is 67.4 Å². The lowest BCUT2D eigenvalue weighted by Gasteiger charge is -2.43. The summed E-state index contributed by atoms with van der Waals surface area (Å²) in [6.45, 7) is 0. The number of ether oxygens (including phenoxy) is 1. The van der Waals surface area contributed by atoms with E-state index < -0.39 is 11.0 Å². The molecule has 0 unspecified atom stereocenters. The number of thioether (sulfide) groups is 1. The minimum atomic E-state index is -0.975. The molecule has 0 amide bonds.